The lowest BCUT2D eigenvalue weighted by Crippen LogP contribution is -2.01. The van der Waals surface area contributed by atoms with Crippen molar-refractivity contribution in [1.29, 1.82) is 0 Å². The summed E-state index contributed by atoms with van der Waals surface area (Å²) in [6.07, 6.45) is 3.32. The van der Waals surface area contributed by atoms with Crippen molar-refractivity contribution >= 4 is 63.0 Å². The molecule has 8 aromatic carbocycles. The molecule has 316 valence electrons. The number of rotatable bonds is 10. The largest absolute Gasteiger partial charge is 0.135 e. The fourth-order valence-electron chi connectivity index (χ4n) is 11.1. The van der Waals surface area contributed by atoms with Crippen LogP contribution < -0.4 is 0 Å². The zero-order chi connectivity index (χ0) is 44.0. The van der Waals surface area contributed by atoms with Crippen LogP contribution in [-0.2, 0) is 0 Å². The van der Waals surface area contributed by atoms with Gasteiger partial charge in [-0.25, -0.2) is 0 Å². The summed E-state index contributed by atoms with van der Waals surface area (Å²) in [7, 11) is 0. The first kappa shape index (κ1) is 41.7. The van der Waals surface area contributed by atoms with Crippen LogP contribution in [0.4, 0.5) is 0 Å². The minimum Gasteiger partial charge on any atom is -0.135 e. The molecule has 63 heavy (non-hydrogen) atoms. The first-order chi connectivity index (χ1) is 30.4. The van der Waals surface area contributed by atoms with Gasteiger partial charge in [-0.1, -0.05) is 125 Å². The van der Waals surface area contributed by atoms with Crippen LogP contribution >= 0.6 is 22.7 Å². The molecule has 2 aliphatic rings. The molecule has 0 bridgehead atoms. The summed E-state index contributed by atoms with van der Waals surface area (Å²) < 4.78 is 5.48. The van der Waals surface area contributed by atoms with Crippen molar-refractivity contribution in [2.75, 3.05) is 0 Å². The summed E-state index contributed by atoms with van der Waals surface area (Å²) in [6, 6.07) is 43.5. The molecule has 3 atom stereocenters. The van der Waals surface area contributed by atoms with Crippen LogP contribution in [0.15, 0.2) is 109 Å². The third-order valence-corrected chi connectivity index (χ3v) is 16.9. The maximum atomic E-state index is 2.59. The molecule has 0 spiro atoms. The number of aryl methyl sites for hydroxylation is 5. The highest BCUT2D eigenvalue weighted by atomic mass is 32.1. The Morgan fingerprint density at radius 2 is 0.714 bits per heavy atom. The maximum absolute atomic E-state index is 2.59. The van der Waals surface area contributed by atoms with Gasteiger partial charge in [-0.3, -0.25) is 0 Å². The van der Waals surface area contributed by atoms with E-state index in [1.165, 1.54) is 140 Å². The highest BCUT2D eigenvalue weighted by molar-refractivity contribution is 7.27. The van der Waals surface area contributed by atoms with Crippen molar-refractivity contribution in [1.82, 2.24) is 0 Å². The summed E-state index contributed by atoms with van der Waals surface area (Å²) in [5.41, 5.74) is 24.7. The van der Waals surface area contributed by atoms with E-state index in [0.717, 1.165) is 19.3 Å². The maximum Gasteiger partial charge on any atom is 0.0375 e. The smallest absolute Gasteiger partial charge is 0.0375 e. The van der Waals surface area contributed by atoms with Crippen molar-refractivity contribution in [3.8, 4) is 55.6 Å². The van der Waals surface area contributed by atoms with Crippen molar-refractivity contribution in [3.63, 3.8) is 0 Å². The van der Waals surface area contributed by atoms with Gasteiger partial charge in [0, 0.05) is 40.7 Å². The van der Waals surface area contributed by atoms with Crippen LogP contribution in [0, 0.1) is 34.6 Å². The Balaban J connectivity index is 1.45. The zero-order valence-electron chi connectivity index (χ0n) is 39.1. The van der Waals surface area contributed by atoms with E-state index in [4.69, 9.17) is 0 Å². The average Bonchev–Trinajstić information content (AvgIpc) is 3.27. The van der Waals surface area contributed by atoms with Crippen molar-refractivity contribution in [2.24, 2.45) is 0 Å². The van der Waals surface area contributed by atoms with Gasteiger partial charge in [-0.05, 0) is 197 Å². The molecule has 8 aromatic rings. The normalized spacial score (nSPS) is 13.6. The quantitative estimate of drug-likeness (QED) is 0.0949. The van der Waals surface area contributed by atoms with Gasteiger partial charge >= 0.3 is 0 Å². The van der Waals surface area contributed by atoms with Crippen molar-refractivity contribution < 1.29 is 0 Å². The van der Waals surface area contributed by atoms with Gasteiger partial charge in [-0.2, -0.15) is 0 Å². The van der Waals surface area contributed by atoms with E-state index in [-0.39, 0.29) is 0 Å². The fraction of sp³-hybridized carbons (Fsp3) is 0.279. The molecule has 0 radical (unpaired) electrons. The molecule has 0 saturated carbocycles. The second-order valence-corrected chi connectivity index (χ2v) is 21.2. The first-order valence-electron chi connectivity index (χ1n) is 23.4. The highest BCUT2D eigenvalue weighted by Gasteiger charge is 2.29. The van der Waals surface area contributed by atoms with E-state index in [9.17, 15) is 0 Å². The average molecular weight is 857 g/mol. The Kier molecular flexibility index (Phi) is 10.6. The van der Waals surface area contributed by atoms with Gasteiger partial charge in [0.05, 0.1) is 0 Å². The Labute approximate surface area is 383 Å². The molecule has 0 aliphatic carbocycles. The van der Waals surface area contributed by atoms with E-state index >= 15 is 0 Å². The number of hydrogen-bond acceptors (Lipinski definition) is 2. The first-order valence-corrected chi connectivity index (χ1v) is 25.1. The lowest BCUT2D eigenvalue weighted by Gasteiger charge is -2.27. The van der Waals surface area contributed by atoms with Gasteiger partial charge < -0.3 is 0 Å². The molecule has 3 unspecified atom stereocenters. The van der Waals surface area contributed by atoms with Gasteiger partial charge in [0.2, 0.25) is 0 Å². The topological polar surface area (TPSA) is 0 Å². The van der Waals surface area contributed by atoms with E-state index < -0.39 is 0 Å². The van der Waals surface area contributed by atoms with Gasteiger partial charge in [0.1, 0.15) is 0 Å². The van der Waals surface area contributed by atoms with Crippen LogP contribution in [0.1, 0.15) is 123 Å². The van der Waals surface area contributed by atoms with Crippen molar-refractivity contribution in [3.05, 3.63) is 154 Å². The van der Waals surface area contributed by atoms with E-state index in [1.54, 1.807) is 0 Å². The molecule has 2 heteroatoms. The molecule has 0 saturated heterocycles. The second-order valence-electron chi connectivity index (χ2n) is 19.0. The third kappa shape index (κ3) is 6.74. The molecule has 0 nitrogen and oxygen atoms in total. The molecule has 0 amide bonds. The van der Waals surface area contributed by atoms with E-state index in [2.05, 4.69) is 185 Å². The van der Waals surface area contributed by atoms with Gasteiger partial charge in [0.15, 0.2) is 0 Å². The molecule has 2 heterocycles. The highest BCUT2D eigenvalue weighted by Crippen LogP contribution is 2.58. The van der Waals surface area contributed by atoms with Crippen molar-refractivity contribution in [2.45, 2.75) is 113 Å². The Morgan fingerprint density at radius 3 is 1.10 bits per heavy atom. The predicted molar refractivity (Wildman–Crippen MR) is 282 cm³/mol. The number of benzene rings is 8. The minimum atomic E-state index is 0.451. The molecule has 10 rings (SSSR count). The predicted octanol–water partition coefficient (Wildman–Crippen LogP) is 19.7. The lowest BCUT2D eigenvalue weighted by molar-refractivity contribution is 0.734. The summed E-state index contributed by atoms with van der Waals surface area (Å²) in [4.78, 5) is 0. The van der Waals surface area contributed by atoms with Crippen LogP contribution in [0.3, 0.4) is 0 Å². The Morgan fingerprint density at radius 1 is 0.365 bits per heavy atom. The minimum absolute atomic E-state index is 0.451. The third-order valence-electron chi connectivity index (χ3n) is 14.7. The standard InChI is InChI=1S/C61H60S2/c1-12-35(6)45-21-15-18-38(9)54(45)42-27-48-57(41-25-33(4)24-34(5)26-41)49-28-43(55-39(10)19-16-22-46(55)36(7)13-2)30-51-59(49)61-58(48)50(29-42)62-52-31-44(32-53(63-51)60(52)61)56-40(11)20-17-23-47(56)37(8)14-3/h15-32,35-37H,12-14H2,1-11H3. The second kappa shape index (κ2) is 16.1. The summed E-state index contributed by atoms with van der Waals surface area (Å²) in [6.45, 7) is 25.6. The summed E-state index contributed by atoms with van der Waals surface area (Å²) in [5.74, 6) is 1.37. The zero-order valence-corrected chi connectivity index (χ0v) is 40.7. The fourth-order valence-corrected chi connectivity index (χ4v) is 13.6. The van der Waals surface area contributed by atoms with E-state index in [0.29, 0.717) is 17.8 Å². The SMILES string of the molecule is CCC(C)c1cccc(C)c1-c1cc2sc3cc(-c4c(C)cccc4C(C)CC)cc4c(-c5cc(C)cc(C)c5)c5cc(-c6c(C)cccc6C(C)CC)cc6sc(c1)c2-c(c34)c65. The molecule has 0 aromatic heterocycles. The van der Waals surface area contributed by atoms with Crippen LogP contribution in [0.25, 0.3) is 96.0 Å². The summed E-state index contributed by atoms with van der Waals surface area (Å²) >= 11 is 4.01. The van der Waals surface area contributed by atoms with Crippen LogP contribution in [-0.4, -0.2) is 0 Å². The molecular formula is C61H60S2. The lowest BCUT2D eigenvalue weighted by atomic mass is 9.80. The van der Waals surface area contributed by atoms with Gasteiger partial charge in [-0.15, -0.1) is 22.7 Å². The number of hydrogen-bond donors (Lipinski definition) is 0. The Bertz CT molecular complexity index is 3160. The molecular weight excluding hydrogens is 797 g/mol. The molecule has 0 fully saturated rings. The van der Waals surface area contributed by atoms with Gasteiger partial charge in [0.25, 0.3) is 0 Å². The Hall–Kier alpha value is -5.28. The van der Waals surface area contributed by atoms with E-state index in [1.807, 2.05) is 22.7 Å². The monoisotopic (exact) mass is 856 g/mol. The molecule has 0 N–H and O–H groups in total. The van der Waals surface area contributed by atoms with Crippen LogP contribution in [0.2, 0.25) is 0 Å². The van der Waals surface area contributed by atoms with Crippen LogP contribution in [0.5, 0.6) is 0 Å². The molecule has 2 aliphatic heterocycles. The summed E-state index contributed by atoms with van der Waals surface area (Å²) in [5, 5.41) is 5.54.